The van der Waals surface area contributed by atoms with Crippen LogP contribution in [-0.4, -0.2) is 42.5 Å². The minimum atomic E-state index is -0.780. The maximum absolute atomic E-state index is 12.9. The predicted octanol–water partition coefficient (Wildman–Crippen LogP) is 1.60. The van der Waals surface area contributed by atoms with Crippen LogP contribution >= 0.6 is 0 Å². The Hall–Kier alpha value is -1.62. The van der Waals surface area contributed by atoms with Crippen LogP contribution in [0.1, 0.15) is 20.3 Å². The standard InChI is InChI=1S/C15H22FN3O/c1-3-15(2,17)14(20)19-10-8-18(9-11-19)13-6-4-12(16)5-7-13/h4-7H,3,8-11,17H2,1-2H3. The fourth-order valence-electron chi connectivity index (χ4n) is 2.33. The maximum atomic E-state index is 12.9. The first-order valence-corrected chi connectivity index (χ1v) is 7.03. The third-order valence-electron chi connectivity index (χ3n) is 3.98. The topological polar surface area (TPSA) is 49.6 Å². The van der Waals surface area contributed by atoms with E-state index in [4.69, 9.17) is 5.73 Å². The number of nitrogens with two attached hydrogens (primary N) is 1. The van der Waals surface area contributed by atoms with Crippen LogP contribution in [-0.2, 0) is 4.79 Å². The van der Waals surface area contributed by atoms with Crippen molar-refractivity contribution in [2.75, 3.05) is 31.1 Å². The Morgan fingerprint density at radius 3 is 2.30 bits per heavy atom. The molecule has 2 N–H and O–H groups in total. The summed E-state index contributed by atoms with van der Waals surface area (Å²) in [6.45, 7) is 6.51. The third-order valence-corrected chi connectivity index (χ3v) is 3.98. The summed E-state index contributed by atoms with van der Waals surface area (Å²) >= 11 is 0. The van der Waals surface area contributed by atoms with Crippen molar-refractivity contribution in [2.45, 2.75) is 25.8 Å². The number of amides is 1. The van der Waals surface area contributed by atoms with Crippen molar-refractivity contribution in [3.8, 4) is 0 Å². The molecule has 0 aliphatic carbocycles. The number of benzene rings is 1. The van der Waals surface area contributed by atoms with E-state index < -0.39 is 5.54 Å². The lowest BCUT2D eigenvalue weighted by Crippen LogP contribution is -2.58. The summed E-state index contributed by atoms with van der Waals surface area (Å²) in [7, 11) is 0. The Bertz CT molecular complexity index is 465. The van der Waals surface area contributed by atoms with Gasteiger partial charge in [-0.25, -0.2) is 4.39 Å². The number of carbonyl (C=O) groups is 1. The van der Waals surface area contributed by atoms with Gasteiger partial charge in [0.15, 0.2) is 0 Å². The highest BCUT2D eigenvalue weighted by Gasteiger charge is 2.32. The molecule has 1 aliphatic rings. The molecule has 4 nitrogen and oxygen atoms in total. The van der Waals surface area contributed by atoms with Gasteiger partial charge in [0, 0.05) is 31.9 Å². The highest BCUT2D eigenvalue weighted by molar-refractivity contribution is 5.85. The van der Waals surface area contributed by atoms with Crippen LogP contribution in [0.5, 0.6) is 0 Å². The highest BCUT2D eigenvalue weighted by Crippen LogP contribution is 2.18. The number of halogens is 1. The van der Waals surface area contributed by atoms with Gasteiger partial charge < -0.3 is 15.5 Å². The third kappa shape index (κ3) is 3.10. The molecule has 1 aromatic carbocycles. The Kier molecular flexibility index (Phi) is 4.28. The van der Waals surface area contributed by atoms with Crippen molar-refractivity contribution < 1.29 is 9.18 Å². The van der Waals surface area contributed by atoms with Gasteiger partial charge in [-0.1, -0.05) is 6.92 Å². The second kappa shape index (κ2) is 5.79. The number of anilines is 1. The van der Waals surface area contributed by atoms with Crippen LogP contribution in [0, 0.1) is 5.82 Å². The minimum absolute atomic E-state index is 0.0127. The molecular formula is C15H22FN3O. The Labute approximate surface area is 119 Å². The molecule has 1 amide bonds. The summed E-state index contributed by atoms with van der Waals surface area (Å²) in [5, 5.41) is 0. The van der Waals surface area contributed by atoms with Gasteiger partial charge in [-0.3, -0.25) is 4.79 Å². The zero-order valence-corrected chi connectivity index (χ0v) is 12.1. The first-order valence-electron chi connectivity index (χ1n) is 7.03. The van der Waals surface area contributed by atoms with E-state index in [1.807, 2.05) is 11.8 Å². The molecule has 0 spiro atoms. The molecule has 1 fully saturated rings. The van der Waals surface area contributed by atoms with E-state index in [1.54, 1.807) is 19.1 Å². The second-order valence-electron chi connectivity index (χ2n) is 5.53. The molecule has 0 bridgehead atoms. The molecule has 1 heterocycles. The first kappa shape index (κ1) is 14.8. The Balaban J connectivity index is 1.96. The quantitative estimate of drug-likeness (QED) is 0.914. The fourth-order valence-corrected chi connectivity index (χ4v) is 2.33. The molecule has 1 saturated heterocycles. The van der Waals surface area contributed by atoms with E-state index >= 15 is 0 Å². The molecule has 2 rings (SSSR count). The van der Waals surface area contributed by atoms with Gasteiger partial charge in [0.05, 0.1) is 5.54 Å². The van der Waals surface area contributed by atoms with Gasteiger partial charge in [0.25, 0.3) is 0 Å². The summed E-state index contributed by atoms with van der Waals surface area (Å²) < 4.78 is 12.9. The number of nitrogens with zero attached hydrogens (tertiary/aromatic N) is 2. The van der Waals surface area contributed by atoms with Gasteiger partial charge in [0.1, 0.15) is 5.82 Å². The SMILES string of the molecule is CCC(C)(N)C(=O)N1CCN(c2ccc(F)cc2)CC1. The van der Waals surface area contributed by atoms with Crippen molar-refractivity contribution >= 4 is 11.6 Å². The molecule has 1 aromatic rings. The number of rotatable bonds is 3. The number of piperazine rings is 1. The summed E-state index contributed by atoms with van der Waals surface area (Å²) in [4.78, 5) is 16.3. The molecule has 5 heteroatoms. The van der Waals surface area contributed by atoms with Crippen molar-refractivity contribution in [1.29, 1.82) is 0 Å². The largest absolute Gasteiger partial charge is 0.368 e. The molecule has 20 heavy (non-hydrogen) atoms. The van der Waals surface area contributed by atoms with Crippen molar-refractivity contribution in [1.82, 2.24) is 4.90 Å². The van der Waals surface area contributed by atoms with E-state index in [-0.39, 0.29) is 11.7 Å². The summed E-state index contributed by atoms with van der Waals surface area (Å²) in [5.41, 5.74) is 6.22. The molecular weight excluding hydrogens is 257 g/mol. The average Bonchev–Trinajstić information content (AvgIpc) is 2.47. The number of hydrogen-bond acceptors (Lipinski definition) is 3. The summed E-state index contributed by atoms with van der Waals surface area (Å²) in [5.74, 6) is -0.219. The van der Waals surface area contributed by atoms with E-state index in [1.165, 1.54) is 12.1 Å². The molecule has 1 atom stereocenters. The number of carbonyl (C=O) groups excluding carboxylic acids is 1. The fraction of sp³-hybridized carbons (Fsp3) is 0.533. The van der Waals surface area contributed by atoms with Crippen LogP contribution in [0.2, 0.25) is 0 Å². The molecule has 0 radical (unpaired) electrons. The van der Waals surface area contributed by atoms with E-state index in [9.17, 15) is 9.18 Å². The lowest BCUT2D eigenvalue weighted by atomic mass is 9.98. The summed E-state index contributed by atoms with van der Waals surface area (Å²) in [6.07, 6.45) is 0.629. The second-order valence-corrected chi connectivity index (χ2v) is 5.53. The van der Waals surface area contributed by atoms with Crippen LogP contribution in [0.3, 0.4) is 0 Å². The van der Waals surface area contributed by atoms with Crippen LogP contribution in [0.15, 0.2) is 24.3 Å². The molecule has 1 aliphatic heterocycles. The average molecular weight is 279 g/mol. The van der Waals surface area contributed by atoms with Gasteiger partial charge in [-0.05, 0) is 37.6 Å². The lowest BCUT2D eigenvalue weighted by molar-refractivity contribution is -0.136. The van der Waals surface area contributed by atoms with Gasteiger partial charge in [-0.15, -0.1) is 0 Å². The van der Waals surface area contributed by atoms with E-state index in [0.29, 0.717) is 19.5 Å². The summed E-state index contributed by atoms with van der Waals surface area (Å²) in [6, 6.07) is 6.46. The molecule has 1 unspecified atom stereocenters. The Morgan fingerprint density at radius 2 is 1.80 bits per heavy atom. The Morgan fingerprint density at radius 1 is 1.25 bits per heavy atom. The zero-order chi connectivity index (χ0) is 14.8. The molecule has 110 valence electrons. The molecule has 0 aromatic heterocycles. The maximum Gasteiger partial charge on any atom is 0.242 e. The van der Waals surface area contributed by atoms with Crippen molar-refractivity contribution in [2.24, 2.45) is 5.73 Å². The van der Waals surface area contributed by atoms with Gasteiger partial charge in [-0.2, -0.15) is 0 Å². The normalized spacial score (nSPS) is 18.8. The van der Waals surface area contributed by atoms with E-state index in [0.717, 1.165) is 18.8 Å². The van der Waals surface area contributed by atoms with Crippen molar-refractivity contribution in [3.05, 3.63) is 30.1 Å². The van der Waals surface area contributed by atoms with E-state index in [2.05, 4.69) is 4.90 Å². The van der Waals surface area contributed by atoms with Crippen LogP contribution in [0.25, 0.3) is 0 Å². The van der Waals surface area contributed by atoms with Crippen LogP contribution < -0.4 is 10.6 Å². The first-order chi connectivity index (χ1) is 9.44. The molecule has 0 saturated carbocycles. The lowest BCUT2D eigenvalue weighted by Gasteiger charge is -2.39. The predicted molar refractivity (Wildman–Crippen MR) is 78.1 cm³/mol. The highest BCUT2D eigenvalue weighted by atomic mass is 19.1. The van der Waals surface area contributed by atoms with Crippen LogP contribution in [0.4, 0.5) is 10.1 Å². The smallest absolute Gasteiger partial charge is 0.242 e. The zero-order valence-electron chi connectivity index (χ0n) is 12.1. The monoisotopic (exact) mass is 279 g/mol. The van der Waals surface area contributed by atoms with Gasteiger partial charge in [0.2, 0.25) is 5.91 Å². The van der Waals surface area contributed by atoms with Gasteiger partial charge >= 0.3 is 0 Å². The van der Waals surface area contributed by atoms with Crippen molar-refractivity contribution in [3.63, 3.8) is 0 Å². The minimum Gasteiger partial charge on any atom is -0.368 e. The number of hydrogen-bond donors (Lipinski definition) is 1.